The van der Waals surface area contributed by atoms with E-state index >= 15 is 0 Å². The molecule has 3 aromatic heterocycles. The van der Waals surface area contributed by atoms with Crippen LogP contribution in [0, 0.1) is 0 Å². The number of aromatic nitrogens is 4. The van der Waals surface area contributed by atoms with Crippen LogP contribution in [-0.2, 0) is 13.5 Å². The maximum absolute atomic E-state index is 12.1. The highest BCUT2D eigenvalue weighted by atomic mass is 32.1. The normalized spacial score (nSPS) is 12.6. The van der Waals surface area contributed by atoms with E-state index in [1.54, 1.807) is 12.1 Å². The van der Waals surface area contributed by atoms with Crippen molar-refractivity contribution in [3.05, 3.63) is 59.3 Å². The van der Waals surface area contributed by atoms with Crippen LogP contribution in [0.4, 0.5) is 0 Å². The number of hydrogen-bond acceptors (Lipinski definition) is 6. The lowest BCUT2D eigenvalue weighted by atomic mass is 10.1. The number of thiophene rings is 1. The average molecular weight is 320 g/mol. The van der Waals surface area contributed by atoms with Crippen LogP contribution < -0.4 is 16.8 Å². The largest absolute Gasteiger partial charge is 0.387 e. The summed E-state index contributed by atoms with van der Waals surface area (Å²) in [7, 11) is 1.42. The number of hydrogen-bond donors (Lipinski definition) is 3. The Hall–Kier alpha value is -2.52. The number of H-pyrrole nitrogens is 2. The van der Waals surface area contributed by atoms with Gasteiger partial charge in [-0.25, -0.2) is 9.78 Å². The molecule has 3 aromatic rings. The molecule has 0 aliphatic heterocycles. The van der Waals surface area contributed by atoms with Crippen LogP contribution in [0.2, 0.25) is 0 Å². The molecule has 3 heterocycles. The minimum atomic E-state index is -0.877. The third kappa shape index (κ3) is 2.40. The fraction of sp³-hybridized carbons (Fsp3) is 0.231. The summed E-state index contributed by atoms with van der Waals surface area (Å²) in [5.74, 6) is 0. The van der Waals surface area contributed by atoms with Crippen molar-refractivity contribution in [3.63, 3.8) is 0 Å². The summed E-state index contributed by atoms with van der Waals surface area (Å²) in [5.41, 5.74) is -1.81. The second-order valence-corrected chi connectivity index (χ2v) is 5.74. The predicted molar refractivity (Wildman–Crippen MR) is 81.2 cm³/mol. The minimum absolute atomic E-state index is 0.0198. The second kappa shape index (κ2) is 5.35. The summed E-state index contributed by atoms with van der Waals surface area (Å²) in [4.78, 5) is 44.7. The fourth-order valence-electron chi connectivity index (χ4n) is 2.12. The van der Waals surface area contributed by atoms with Crippen molar-refractivity contribution in [1.29, 1.82) is 0 Å². The Balaban J connectivity index is 2.12. The molecular formula is C13H12N4O4S. The second-order valence-electron chi connectivity index (χ2n) is 4.76. The van der Waals surface area contributed by atoms with Gasteiger partial charge in [-0.05, 0) is 11.4 Å². The van der Waals surface area contributed by atoms with Gasteiger partial charge in [0.25, 0.3) is 11.1 Å². The van der Waals surface area contributed by atoms with E-state index in [0.29, 0.717) is 4.88 Å². The maximum Gasteiger partial charge on any atom is 0.329 e. The Morgan fingerprint density at radius 3 is 2.77 bits per heavy atom. The molecule has 114 valence electrons. The molecule has 0 unspecified atom stereocenters. The van der Waals surface area contributed by atoms with Gasteiger partial charge in [-0.2, -0.15) is 0 Å². The van der Waals surface area contributed by atoms with Crippen LogP contribution in [-0.4, -0.2) is 24.6 Å². The molecule has 9 heteroatoms. The van der Waals surface area contributed by atoms with Gasteiger partial charge < -0.3 is 10.1 Å². The van der Waals surface area contributed by atoms with Crippen molar-refractivity contribution in [1.82, 2.24) is 19.5 Å². The highest BCUT2D eigenvalue weighted by Crippen LogP contribution is 2.21. The van der Waals surface area contributed by atoms with Crippen LogP contribution in [0.3, 0.4) is 0 Å². The fourth-order valence-corrected chi connectivity index (χ4v) is 2.84. The van der Waals surface area contributed by atoms with Crippen molar-refractivity contribution >= 4 is 22.5 Å². The number of nitrogens with one attached hydrogen (secondary N) is 2. The number of aryl methyl sites for hydroxylation is 1. The summed E-state index contributed by atoms with van der Waals surface area (Å²) >= 11 is 1.36. The van der Waals surface area contributed by atoms with E-state index in [9.17, 15) is 19.5 Å². The Labute approximate surface area is 126 Å². The lowest BCUT2D eigenvalue weighted by Gasteiger charge is -2.08. The van der Waals surface area contributed by atoms with Gasteiger partial charge in [-0.1, -0.05) is 6.07 Å². The van der Waals surface area contributed by atoms with E-state index in [1.807, 2.05) is 5.38 Å². The number of aliphatic hydroxyl groups is 1. The molecule has 0 aliphatic rings. The number of nitrogens with zero attached hydrogens (tertiary/aromatic N) is 2. The smallest absolute Gasteiger partial charge is 0.329 e. The Bertz CT molecular complexity index is 1000. The van der Waals surface area contributed by atoms with Gasteiger partial charge in [0.15, 0.2) is 5.52 Å². The highest BCUT2D eigenvalue weighted by Gasteiger charge is 2.16. The zero-order valence-corrected chi connectivity index (χ0v) is 12.3. The maximum atomic E-state index is 12.1. The average Bonchev–Trinajstić information content (AvgIpc) is 3.00. The van der Waals surface area contributed by atoms with Crippen LogP contribution in [0.25, 0.3) is 11.2 Å². The minimum Gasteiger partial charge on any atom is -0.387 e. The van der Waals surface area contributed by atoms with Crippen molar-refractivity contribution < 1.29 is 5.11 Å². The summed E-state index contributed by atoms with van der Waals surface area (Å²) in [6.45, 7) is 0. The van der Waals surface area contributed by atoms with Crippen molar-refractivity contribution in [3.8, 4) is 0 Å². The van der Waals surface area contributed by atoms with E-state index in [-0.39, 0.29) is 23.3 Å². The lowest BCUT2D eigenvalue weighted by molar-refractivity contribution is 0.180. The molecule has 0 radical (unpaired) electrons. The zero-order valence-electron chi connectivity index (χ0n) is 11.5. The molecule has 0 spiro atoms. The number of aromatic amines is 2. The summed E-state index contributed by atoms with van der Waals surface area (Å²) in [5, 5.41) is 11.9. The molecule has 1 atom stereocenters. The molecule has 3 N–H and O–H groups in total. The van der Waals surface area contributed by atoms with Crippen molar-refractivity contribution in [2.24, 2.45) is 7.05 Å². The Morgan fingerprint density at radius 2 is 2.09 bits per heavy atom. The molecule has 0 saturated heterocycles. The highest BCUT2D eigenvalue weighted by molar-refractivity contribution is 7.10. The van der Waals surface area contributed by atoms with Gasteiger partial charge in [-0.3, -0.25) is 19.1 Å². The van der Waals surface area contributed by atoms with Crippen molar-refractivity contribution in [2.45, 2.75) is 12.5 Å². The van der Waals surface area contributed by atoms with Crippen LogP contribution in [0.1, 0.15) is 16.7 Å². The molecule has 3 rings (SSSR count). The molecule has 0 fully saturated rings. The van der Waals surface area contributed by atoms with E-state index in [0.717, 1.165) is 4.57 Å². The van der Waals surface area contributed by atoms with E-state index in [1.165, 1.54) is 18.4 Å². The predicted octanol–water partition coefficient (Wildman–Crippen LogP) is -0.352. The van der Waals surface area contributed by atoms with Gasteiger partial charge in [0.2, 0.25) is 0 Å². The number of aliphatic hydroxyl groups excluding tert-OH is 1. The zero-order chi connectivity index (χ0) is 15.9. The topological polar surface area (TPSA) is 121 Å². The summed E-state index contributed by atoms with van der Waals surface area (Å²) in [6.07, 6.45) is -0.897. The molecule has 0 bridgehead atoms. The van der Waals surface area contributed by atoms with E-state index in [2.05, 4.69) is 15.0 Å². The number of fused-ring (bicyclic) bond motifs is 1. The molecule has 0 aliphatic carbocycles. The first kappa shape index (κ1) is 14.4. The molecule has 0 saturated carbocycles. The summed E-state index contributed by atoms with van der Waals surface area (Å²) in [6, 6.07) is 3.54. The van der Waals surface area contributed by atoms with E-state index in [4.69, 9.17) is 0 Å². The first-order valence-corrected chi connectivity index (χ1v) is 7.29. The SMILES string of the molecule is Cn1c(=O)[nH]c(=O)c2nc(C[C@H](O)c3cccs3)c(=O)[nH]c21. The number of rotatable bonds is 3. The van der Waals surface area contributed by atoms with Crippen molar-refractivity contribution in [2.75, 3.05) is 0 Å². The third-order valence-electron chi connectivity index (χ3n) is 3.30. The van der Waals surface area contributed by atoms with Crippen LogP contribution in [0.5, 0.6) is 0 Å². The molecule has 22 heavy (non-hydrogen) atoms. The quantitative estimate of drug-likeness (QED) is 0.609. The Morgan fingerprint density at radius 1 is 1.32 bits per heavy atom. The van der Waals surface area contributed by atoms with Crippen LogP contribution >= 0.6 is 11.3 Å². The Kier molecular flexibility index (Phi) is 3.51. The summed E-state index contributed by atoms with van der Waals surface area (Å²) < 4.78 is 1.10. The standard InChI is InChI=1S/C13H12N4O4S/c1-17-10-9(12(20)16-13(17)21)14-6(11(19)15-10)5-7(18)8-3-2-4-22-8/h2-4,7,18H,5H2,1H3,(H,15,19)(H,16,20,21)/t7-/m0/s1. The first-order valence-electron chi connectivity index (χ1n) is 6.41. The first-order chi connectivity index (χ1) is 10.5. The van der Waals surface area contributed by atoms with Gasteiger partial charge >= 0.3 is 5.69 Å². The molecule has 0 aromatic carbocycles. The van der Waals surface area contributed by atoms with Gasteiger partial charge in [0.05, 0.1) is 6.10 Å². The van der Waals surface area contributed by atoms with E-state index < -0.39 is 22.9 Å². The van der Waals surface area contributed by atoms with Gasteiger partial charge in [0.1, 0.15) is 11.3 Å². The lowest BCUT2D eigenvalue weighted by Crippen LogP contribution is -2.32. The molecule has 0 amide bonds. The van der Waals surface area contributed by atoms with Crippen LogP contribution in [0.15, 0.2) is 31.9 Å². The third-order valence-corrected chi connectivity index (χ3v) is 4.27. The monoisotopic (exact) mass is 320 g/mol. The van der Waals surface area contributed by atoms with Gasteiger partial charge in [0, 0.05) is 18.3 Å². The molecule has 8 nitrogen and oxygen atoms in total. The van der Waals surface area contributed by atoms with Gasteiger partial charge in [-0.15, -0.1) is 11.3 Å². The molecular weight excluding hydrogens is 308 g/mol.